The minimum absolute atomic E-state index is 0. The van der Waals surface area contributed by atoms with Crippen LogP contribution in [0.2, 0.25) is 0 Å². The zero-order chi connectivity index (χ0) is 4.99. The number of likely N-dealkylation sites (N-methyl/N-ethyl adjacent to an activating group) is 1. The largest absolute Gasteiger partial charge is 0.387 e. The Hall–Kier alpha value is 0.01000. The third-order valence-electron chi connectivity index (χ3n) is 0.367. The van der Waals surface area contributed by atoms with Crippen LogP contribution >= 0.6 is 24.8 Å². The summed E-state index contributed by atoms with van der Waals surface area (Å²) in [6, 6.07) is 0. The van der Waals surface area contributed by atoms with Crippen molar-refractivity contribution in [3.8, 4) is 0 Å². The highest BCUT2D eigenvalue weighted by atomic mass is 35.5. The van der Waals surface area contributed by atoms with Crippen molar-refractivity contribution >= 4 is 30.6 Å². The van der Waals surface area contributed by atoms with Gasteiger partial charge in [-0.15, -0.1) is 24.8 Å². The summed E-state index contributed by atoms with van der Waals surface area (Å²) in [4.78, 5) is 0. The molecular formula is C3H11Cl2N3. The van der Waals surface area contributed by atoms with Crippen LogP contribution in [-0.4, -0.2) is 19.4 Å². The fourth-order valence-corrected chi connectivity index (χ4v) is 0.190. The smallest absolute Gasteiger partial charge is 0.105 e. The molecule has 52 valence electrons. The van der Waals surface area contributed by atoms with Crippen molar-refractivity contribution in [1.82, 2.24) is 5.32 Å². The van der Waals surface area contributed by atoms with Crippen LogP contribution in [0.1, 0.15) is 0 Å². The van der Waals surface area contributed by atoms with E-state index < -0.39 is 0 Å². The van der Waals surface area contributed by atoms with E-state index in [0.29, 0.717) is 6.54 Å². The van der Waals surface area contributed by atoms with E-state index in [-0.39, 0.29) is 30.6 Å². The van der Waals surface area contributed by atoms with Crippen molar-refractivity contribution in [3.05, 3.63) is 0 Å². The molecule has 0 unspecified atom stereocenters. The molecule has 8 heavy (non-hydrogen) atoms. The van der Waals surface area contributed by atoms with Gasteiger partial charge < -0.3 is 11.1 Å². The molecule has 3 nitrogen and oxygen atoms in total. The van der Waals surface area contributed by atoms with Crippen LogP contribution in [-0.2, 0) is 0 Å². The number of nitrogens with two attached hydrogens (primary N) is 1. The lowest BCUT2D eigenvalue weighted by molar-refractivity contribution is 0.935. The highest BCUT2D eigenvalue weighted by molar-refractivity contribution is 5.85. The van der Waals surface area contributed by atoms with Crippen LogP contribution < -0.4 is 11.1 Å². The maximum Gasteiger partial charge on any atom is 0.105 e. The molecule has 0 radical (unpaired) electrons. The van der Waals surface area contributed by atoms with Gasteiger partial charge in [0.05, 0.1) is 6.54 Å². The lowest BCUT2D eigenvalue weighted by Gasteiger charge is -1.89. The summed E-state index contributed by atoms with van der Waals surface area (Å²) in [5, 5.41) is 9.33. The summed E-state index contributed by atoms with van der Waals surface area (Å²) in [7, 11) is 1.75. The predicted molar refractivity (Wildman–Crippen MR) is 40.3 cm³/mol. The minimum atomic E-state index is 0. The Bertz CT molecular complexity index is 56.5. The second-order valence-corrected chi connectivity index (χ2v) is 1.06. The molecule has 0 aromatic heterocycles. The van der Waals surface area contributed by atoms with Gasteiger partial charge in [0.1, 0.15) is 5.84 Å². The Morgan fingerprint density at radius 1 is 1.62 bits per heavy atom. The molecule has 0 heterocycles. The van der Waals surface area contributed by atoms with E-state index in [1.165, 1.54) is 0 Å². The lowest BCUT2D eigenvalue weighted by Crippen LogP contribution is -2.24. The van der Waals surface area contributed by atoms with Gasteiger partial charge in [-0.25, -0.2) is 0 Å². The third kappa shape index (κ3) is 16.7. The van der Waals surface area contributed by atoms with Gasteiger partial charge >= 0.3 is 0 Å². The maximum atomic E-state index is 6.61. The highest BCUT2D eigenvalue weighted by Crippen LogP contribution is 1.46. The van der Waals surface area contributed by atoms with E-state index in [2.05, 4.69) is 5.32 Å². The van der Waals surface area contributed by atoms with Gasteiger partial charge in [0, 0.05) is 0 Å². The average Bonchev–Trinajstić information content (AvgIpc) is 1.35. The zero-order valence-electron chi connectivity index (χ0n) is 4.60. The normalized spacial score (nSPS) is 6.12. The summed E-state index contributed by atoms with van der Waals surface area (Å²) < 4.78 is 0. The molecule has 0 amide bonds. The van der Waals surface area contributed by atoms with Crippen molar-refractivity contribution in [3.63, 3.8) is 0 Å². The molecule has 0 bridgehead atoms. The van der Waals surface area contributed by atoms with Crippen LogP contribution in [0.15, 0.2) is 0 Å². The minimum Gasteiger partial charge on any atom is -0.387 e. The first kappa shape index (κ1) is 15.7. The van der Waals surface area contributed by atoms with Crippen LogP contribution in [0.4, 0.5) is 0 Å². The fourth-order valence-electron chi connectivity index (χ4n) is 0.190. The van der Waals surface area contributed by atoms with Gasteiger partial charge in [-0.3, -0.25) is 5.41 Å². The number of hydrogen-bond donors (Lipinski definition) is 3. The third-order valence-corrected chi connectivity index (χ3v) is 0.367. The second-order valence-electron chi connectivity index (χ2n) is 1.06. The second kappa shape index (κ2) is 10.1. The van der Waals surface area contributed by atoms with E-state index in [1.807, 2.05) is 0 Å². The lowest BCUT2D eigenvalue weighted by atomic mass is 10.6. The van der Waals surface area contributed by atoms with Gasteiger partial charge in [0.2, 0.25) is 0 Å². The van der Waals surface area contributed by atoms with Crippen molar-refractivity contribution < 1.29 is 0 Å². The molecule has 0 atom stereocenters. The maximum absolute atomic E-state index is 6.61. The van der Waals surface area contributed by atoms with Crippen LogP contribution in [0.25, 0.3) is 0 Å². The quantitative estimate of drug-likeness (QED) is 0.392. The Morgan fingerprint density at radius 3 is 2.00 bits per heavy atom. The molecule has 0 aliphatic heterocycles. The fraction of sp³-hybridized carbons (Fsp3) is 0.667. The molecule has 4 N–H and O–H groups in total. The van der Waals surface area contributed by atoms with Crippen molar-refractivity contribution in [2.24, 2.45) is 5.73 Å². The van der Waals surface area contributed by atoms with Crippen LogP contribution in [0.3, 0.4) is 0 Å². The summed E-state index contributed by atoms with van der Waals surface area (Å²) in [5.74, 6) is 0.178. The molecule has 0 spiro atoms. The van der Waals surface area contributed by atoms with Gasteiger partial charge in [0.15, 0.2) is 0 Å². The van der Waals surface area contributed by atoms with E-state index in [9.17, 15) is 0 Å². The standard InChI is InChI=1S/C3H9N3.2ClH/c1-6-2-3(4)5;;/h6H,2H2,1H3,(H3,4,5);2*1H. The molecule has 0 saturated heterocycles. The van der Waals surface area contributed by atoms with E-state index in [4.69, 9.17) is 11.1 Å². The van der Waals surface area contributed by atoms with Crippen LogP contribution in [0, 0.1) is 5.41 Å². The predicted octanol–water partition coefficient (Wildman–Crippen LogP) is -0.0146. The molecule has 0 aliphatic carbocycles. The van der Waals surface area contributed by atoms with Gasteiger partial charge in [-0.1, -0.05) is 0 Å². The van der Waals surface area contributed by atoms with E-state index in [0.717, 1.165) is 0 Å². The Balaban J connectivity index is -0.000000125. The monoisotopic (exact) mass is 159 g/mol. The summed E-state index contributed by atoms with van der Waals surface area (Å²) in [6.45, 7) is 0.486. The molecule has 0 rings (SSSR count). The Labute approximate surface area is 61.4 Å². The number of halogens is 2. The van der Waals surface area contributed by atoms with E-state index >= 15 is 0 Å². The number of amidine groups is 1. The highest BCUT2D eigenvalue weighted by Gasteiger charge is 1.77. The topological polar surface area (TPSA) is 61.9 Å². The van der Waals surface area contributed by atoms with Gasteiger partial charge in [-0.05, 0) is 7.05 Å². The first-order chi connectivity index (χ1) is 2.77. The number of hydrogen-bond acceptors (Lipinski definition) is 2. The molecule has 0 aromatic carbocycles. The first-order valence-corrected chi connectivity index (χ1v) is 1.75. The average molecular weight is 160 g/mol. The van der Waals surface area contributed by atoms with Gasteiger partial charge in [0.25, 0.3) is 0 Å². The van der Waals surface area contributed by atoms with Crippen molar-refractivity contribution in [2.75, 3.05) is 13.6 Å². The Morgan fingerprint density at radius 2 is 2.00 bits per heavy atom. The SMILES string of the molecule is CNCC(=N)N.Cl.Cl. The molecule has 0 aromatic rings. The summed E-state index contributed by atoms with van der Waals surface area (Å²) >= 11 is 0. The Kier molecular flexibility index (Phi) is 19.8. The van der Waals surface area contributed by atoms with Gasteiger partial charge in [-0.2, -0.15) is 0 Å². The van der Waals surface area contributed by atoms with Crippen molar-refractivity contribution in [1.29, 1.82) is 5.41 Å². The first-order valence-electron chi connectivity index (χ1n) is 1.75. The molecular weight excluding hydrogens is 149 g/mol. The number of nitrogens with one attached hydrogen (secondary N) is 2. The molecule has 0 aliphatic rings. The molecule has 5 heteroatoms. The molecule has 0 fully saturated rings. The molecule has 0 saturated carbocycles. The number of rotatable bonds is 2. The summed E-state index contributed by atoms with van der Waals surface area (Å²) in [6.07, 6.45) is 0. The van der Waals surface area contributed by atoms with Crippen LogP contribution in [0.5, 0.6) is 0 Å². The van der Waals surface area contributed by atoms with E-state index in [1.54, 1.807) is 7.05 Å². The van der Waals surface area contributed by atoms with Crippen molar-refractivity contribution in [2.45, 2.75) is 0 Å². The summed E-state index contributed by atoms with van der Waals surface area (Å²) in [5.41, 5.74) is 4.92. The zero-order valence-corrected chi connectivity index (χ0v) is 6.23.